The average Bonchev–Trinajstić information content (AvgIpc) is 3.04. The van der Waals surface area contributed by atoms with Crippen LogP contribution in [0.3, 0.4) is 0 Å². The van der Waals surface area contributed by atoms with Crippen LogP contribution in [0.4, 0.5) is 5.69 Å². The van der Waals surface area contributed by atoms with Gasteiger partial charge in [-0.1, -0.05) is 0 Å². The number of rotatable bonds is 5. The number of benzene rings is 1. The molecule has 2 aromatic heterocycles. The Morgan fingerprint density at radius 2 is 2.00 bits per heavy atom. The van der Waals surface area contributed by atoms with E-state index in [0.29, 0.717) is 22.2 Å². The lowest BCUT2D eigenvalue weighted by Crippen LogP contribution is -1.92. The monoisotopic (exact) mass is 327 g/mol. The Kier molecular flexibility index (Phi) is 4.11. The summed E-state index contributed by atoms with van der Waals surface area (Å²) in [6, 6.07) is 7.65. The van der Waals surface area contributed by atoms with Gasteiger partial charge in [-0.05, 0) is 30.0 Å². The number of carbonyl (C=O) groups excluding carboxylic acids is 1. The van der Waals surface area contributed by atoms with E-state index in [4.69, 9.17) is 0 Å². The number of aromatic amines is 1. The molecule has 0 atom stereocenters. The van der Waals surface area contributed by atoms with E-state index in [1.54, 1.807) is 24.5 Å². The van der Waals surface area contributed by atoms with Crippen molar-refractivity contribution in [2.24, 2.45) is 0 Å². The van der Waals surface area contributed by atoms with Gasteiger partial charge in [0.1, 0.15) is 0 Å². The molecule has 0 saturated heterocycles. The number of hydrogen-bond acceptors (Lipinski definition) is 7. The topological polar surface area (TPSA) is 115 Å². The van der Waals surface area contributed by atoms with Crippen LogP contribution >= 0.6 is 11.8 Å². The first kappa shape index (κ1) is 14.9. The molecule has 0 saturated carbocycles. The van der Waals surface area contributed by atoms with Crippen LogP contribution in [0, 0.1) is 10.1 Å². The van der Waals surface area contributed by atoms with Crippen molar-refractivity contribution in [1.29, 1.82) is 0 Å². The summed E-state index contributed by atoms with van der Waals surface area (Å²) in [7, 11) is 0. The third kappa shape index (κ3) is 3.24. The first-order chi connectivity index (χ1) is 11.2. The van der Waals surface area contributed by atoms with Crippen LogP contribution in [-0.4, -0.2) is 31.4 Å². The highest BCUT2D eigenvalue weighted by atomic mass is 32.2. The molecule has 1 N–H and O–H groups in total. The van der Waals surface area contributed by atoms with Gasteiger partial charge < -0.3 is 0 Å². The second-order valence-corrected chi connectivity index (χ2v) is 5.41. The normalized spacial score (nSPS) is 10.4. The molecule has 9 heteroatoms. The molecule has 0 bridgehead atoms. The molecule has 0 spiro atoms. The van der Waals surface area contributed by atoms with Crippen LogP contribution in [0.25, 0.3) is 11.4 Å². The van der Waals surface area contributed by atoms with Crippen molar-refractivity contribution in [2.45, 2.75) is 10.1 Å². The highest BCUT2D eigenvalue weighted by Crippen LogP contribution is 2.30. The highest BCUT2D eigenvalue weighted by molar-refractivity contribution is 7.99. The molecule has 0 unspecified atom stereocenters. The summed E-state index contributed by atoms with van der Waals surface area (Å²) in [6.45, 7) is 0. The zero-order valence-electron chi connectivity index (χ0n) is 11.5. The van der Waals surface area contributed by atoms with Crippen LogP contribution in [0.15, 0.2) is 52.8 Å². The van der Waals surface area contributed by atoms with E-state index < -0.39 is 4.92 Å². The molecule has 114 valence electrons. The van der Waals surface area contributed by atoms with Crippen molar-refractivity contribution < 1.29 is 9.72 Å². The van der Waals surface area contributed by atoms with E-state index >= 15 is 0 Å². The van der Waals surface area contributed by atoms with Crippen LogP contribution in [-0.2, 0) is 0 Å². The average molecular weight is 327 g/mol. The molecule has 0 aliphatic carbocycles. The number of non-ortho nitro benzene ring substituents is 1. The van der Waals surface area contributed by atoms with Crippen molar-refractivity contribution >= 4 is 23.7 Å². The Bertz CT molecular complexity index is 866. The zero-order valence-corrected chi connectivity index (χ0v) is 12.4. The minimum atomic E-state index is -0.546. The minimum absolute atomic E-state index is 0.135. The van der Waals surface area contributed by atoms with E-state index in [0.717, 1.165) is 17.3 Å². The molecular weight excluding hydrogens is 318 g/mol. The quantitative estimate of drug-likeness (QED) is 0.435. The maximum Gasteiger partial charge on any atom is 0.270 e. The van der Waals surface area contributed by atoms with Gasteiger partial charge >= 0.3 is 0 Å². The lowest BCUT2D eigenvalue weighted by atomic mass is 10.2. The number of hydrogen-bond donors (Lipinski definition) is 1. The number of H-pyrrole nitrogens is 1. The van der Waals surface area contributed by atoms with Gasteiger partial charge in [0.15, 0.2) is 12.1 Å². The molecule has 8 nitrogen and oxygen atoms in total. The van der Waals surface area contributed by atoms with E-state index in [9.17, 15) is 14.9 Å². The number of nitrogens with one attached hydrogen (secondary N) is 1. The predicted molar refractivity (Wildman–Crippen MR) is 82.2 cm³/mol. The minimum Gasteiger partial charge on any atom is -0.298 e. The summed E-state index contributed by atoms with van der Waals surface area (Å²) in [5.74, 6) is 0.574. The van der Waals surface area contributed by atoms with Crippen LogP contribution in [0.2, 0.25) is 0 Å². The van der Waals surface area contributed by atoms with Gasteiger partial charge in [0.25, 0.3) is 5.69 Å². The summed E-state index contributed by atoms with van der Waals surface area (Å²) in [6.07, 6.45) is 3.86. The summed E-state index contributed by atoms with van der Waals surface area (Å²) in [5, 5.41) is 18.0. The molecule has 1 aromatic carbocycles. The van der Waals surface area contributed by atoms with Crippen molar-refractivity contribution in [3.8, 4) is 11.4 Å². The number of carbonyl (C=O) groups is 1. The number of nitro groups is 1. The Labute approximate surface area is 134 Å². The molecule has 0 amide bonds. The van der Waals surface area contributed by atoms with Gasteiger partial charge in [0.2, 0.25) is 5.16 Å². The van der Waals surface area contributed by atoms with Crippen LogP contribution in [0.1, 0.15) is 10.4 Å². The van der Waals surface area contributed by atoms with E-state index in [-0.39, 0.29) is 11.3 Å². The second kappa shape index (κ2) is 6.36. The molecule has 3 aromatic rings. The third-order valence-corrected chi connectivity index (χ3v) is 3.91. The molecule has 23 heavy (non-hydrogen) atoms. The number of aromatic nitrogens is 4. The molecule has 2 heterocycles. The van der Waals surface area contributed by atoms with Crippen LogP contribution in [0.5, 0.6) is 0 Å². The van der Waals surface area contributed by atoms with E-state index in [2.05, 4.69) is 20.2 Å². The van der Waals surface area contributed by atoms with Crippen LogP contribution < -0.4 is 0 Å². The standard InChI is InChI=1S/C14H9N5O3S/c20-8-10-7-11(19(21)22)1-2-12(10)23-14-16-13(17-18-14)9-3-5-15-6-4-9/h1-8H,(H,16,17,18). The fourth-order valence-electron chi connectivity index (χ4n) is 1.86. The number of nitro benzene ring substituents is 1. The fraction of sp³-hybridized carbons (Fsp3) is 0. The molecule has 0 aliphatic rings. The number of aldehydes is 1. The maximum atomic E-state index is 11.1. The molecule has 0 fully saturated rings. The lowest BCUT2D eigenvalue weighted by Gasteiger charge is -2.01. The number of nitrogens with zero attached hydrogens (tertiary/aromatic N) is 4. The summed E-state index contributed by atoms with van der Waals surface area (Å²) < 4.78 is 0. The van der Waals surface area contributed by atoms with Crippen molar-refractivity contribution in [3.05, 3.63) is 58.4 Å². The van der Waals surface area contributed by atoms with Gasteiger partial charge in [-0.25, -0.2) is 4.98 Å². The largest absolute Gasteiger partial charge is 0.298 e. The van der Waals surface area contributed by atoms with Crippen molar-refractivity contribution in [1.82, 2.24) is 20.2 Å². The Balaban J connectivity index is 1.87. The molecule has 0 radical (unpaired) electrons. The Morgan fingerprint density at radius 3 is 2.70 bits per heavy atom. The first-order valence-corrected chi connectivity index (χ1v) is 7.23. The zero-order chi connectivity index (χ0) is 16.2. The summed E-state index contributed by atoms with van der Waals surface area (Å²) >= 11 is 1.15. The first-order valence-electron chi connectivity index (χ1n) is 6.41. The van der Waals surface area contributed by atoms with Gasteiger partial charge in [-0.15, -0.1) is 5.10 Å². The second-order valence-electron chi connectivity index (χ2n) is 4.40. The predicted octanol–water partition coefficient (Wildman–Crippen LogP) is 2.74. The number of pyridine rings is 1. The van der Waals surface area contributed by atoms with Gasteiger partial charge in [0.05, 0.1) is 4.92 Å². The van der Waals surface area contributed by atoms with E-state index in [1.807, 2.05) is 0 Å². The molecule has 0 aliphatic heterocycles. The lowest BCUT2D eigenvalue weighted by molar-refractivity contribution is -0.384. The fourth-order valence-corrected chi connectivity index (χ4v) is 2.65. The van der Waals surface area contributed by atoms with Gasteiger partial charge in [-0.2, -0.15) is 0 Å². The third-order valence-electron chi connectivity index (χ3n) is 2.95. The van der Waals surface area contributed by atoms with Crippen molar-refractivity contribution in [2.75, 3.05) is 0 Å². The summed E-state index contributed by atoms with van der Waals surface area (Å²) in [5.41, 5.74) is 0.919. The summed E-state index contributed by atoms with van der Waals surface area (Å²) in [4.78, 5) is 30.1. The molecular formula is C14H9N5O3S. The smallest absolute Gasteiger partial charge is 0.270 e. The highest BCUT2D eigenvalue weighted by Gasteiger charge is 2.14. The Hall–Kier alpha value is -3.07. The maximum absolute atomic E-state index is 11.1. The van der Waals surface area contributed by atoms with E-state index in [1.165, 1.54) is 18.2 Å². The molecule has 3 rings (SSSR count). The van der Waals surface area contributed by atoms with Gasteiger partial charge in [0, 0.05) is 40.5 Å². The van der Waals surface area contributed by atoms with Crippen molar-refractivity contribution in [3.63, 3.8) is 0 Å². The van der Waals surface area contributed by atoms with Gasteiger partial charge in [-0.3, -0.25) is 25.0 Å². The Morgan fingerprint density at radius 1 is 1.22 bits per heavy atom. The SMILES string of the molecule is O=Cc1cc([N+](=O)[O-])ccc1Sc1n[nH]c(-c2ccncc2)n1.